The summed E-state index contributed by atoms with van der Waals surface area (Å²) in [5.41, 5.74) is 14.5. The number of rotatable bonds is 23. The van der Waals surface area contributed by atoms with Gasteiger partial charge < -0.3 is 4.90 Å². The van der Waals surface area contributed by atoms with Gasteiger partial charge in [-0.05, 0) is 118 Å². The van der Waals surface area contributed by atoms with Crippen LogP contribution in [0.2, 0.25) is 0 Å². The van der Waals surface area contributed by atoms with E-state index < -0.39 is 5.41 Å². The highest BCUT2D eigenvalue weighted by molar-refractivity contribution is 5.61. The number of nitrogens with zero attached hydrogens (tertiary/aromatic N) is 3. The smallest absolute Gasteiger partial charge is 0.0858 e. The highest BCUT2D eigenvalue weighted by atomic mass is 15.1. The number of hydrogen-bond donors (Lipinski definition) is 0. The molecule has 0 aliphatic carbocycles. The zero-order chi connectivity index (χ0) is 54.1. The Morgan fingerprint density at radius 2 is 0.450 bits per heavy atom. The molecular formula is C77H69N3. The summed E-state index contributed by atoms with van der Waals surface area (Å²) in [4.78, 5) is 2.61. The van der Waals surface area contributed by atoms with E-state index in [2.05, 4.69) is 326 Å². The van der Waals surface area contributed by atoms with E-state index >= 15 is 0 Å². The monoisotopic (exact) mass is 1040 g/mol. The fourth-order valence-corrected chi connectivity index (χ4v) is 12.6. The Morgan fingerprint density at radius 3 is 0.713 bits per heavy atom. The van der Waals surface area contributed by atoms with E-state index in [-0.39, 0.29) is 10.8 Å². The van der Waals surface area contributed by atoms with Gasteiger partial charge in [0.1, 0.15) is 0 Å². The van der Waals surface area contributed by atoms with Crippen molar-refractivity contribution >= 4 is 17.1 Å². The highest BCUT2D eigenvalue weighted by Gasteiger charge is 2.39. The zero-order valence-corrected chi connectivity index (χ0v) is 45.6. The summed E-state index contributed by atoms with van der Waals surface area (Å²) in [5, 5.41) is 9.65. The van der Waals surface area contributed by atoms with Gasteiger partial charge in [-0.15, -0.1) is 0 Å². The van der Waals surface area contributed by atoms with Crippen molar-refractivity contribution in [1.82, 2.24) is 0 Å². The standard InChI is InChI=1S/C77H69N3/c1-10-32-62(33-11-1)75(63-34-12-2-13-35-63,64-36-14-3-15-37-64)58-28-30-60-80(61-31-29-59-76(65-38-16-4-17-39-65,66-40-18-5-19-41-66)67-42-20-6-21-43-67)74-56-54-73(55-57-74)79-78-72-52-50-71(51-53-72)77(68-44-22-7-23-45-68,69-46-24-8-25-47-69)70-48-26-9-27-49-70/h1-27,32-57H,28-31,58-61H2. The molecule has 0 atom stereocenters. The predicted octanol–water partition coefficient (Wildman–Crippen LogP) is 19.7. The molecule has 0 radical (unpaired) electrons. The lowest BCUT2D eigenvalue weighted by molar-refractivity contribution is 0.502. The Balaban J connectivity index is 0.867. The lowest BCUT2D eigenvalue weighted by Gasteiger charge is -2.37. The van der Waals surface area contributed by atoms with E-state index in [1.165, 1.54) is 61.3 Å². The Morgan fingerprint density at radius 1 is 0.225 bits per heavy atom. The van der Waals surface area contributed by atoms with E-state index in [9.17, 15) is 0 Å². The van der Waals surface area contributed by atoms with Crippen LogP contribution in [0.3, 0.4) is 0 Å². The molecular weight excluding hydrogens is 967 g/mol. The topological polar surface area (TPSA) is 28.0 Å². The molecule has 11 aromatic carbocycles. The van der Waals surface area contributed by atoms with Crippen molar-refractivity contribution in [1.29, 1.82) is 0 Å². The molecule has 392 valence electrons. The van der Waals surface area contributed by atoms with E-state index in [1.807, 2.05) is 0 Å². The molecule has 0 heterocycles. The van der Waals surface area contributed by atoms with Crippen molar-refractivity contribution in [2.75, 3.05) is 18.0 Å². The Kier molecular flexibility index (Phi) is 16.9. The molecule has 0 aliphatic rings. The maximum absolute atomic E-state index is 4.83. The minimum Gasteiger partial charge on any atom is -0.372 e. The number of benzene rings is 11. The minimum absolute atomic E-state index is 0.286. The Bertz CT molecular complexity index is 3170. The fraction of sp³-hybridized carbons (Fsp3) is 0.143. The maximum atomic E-state index is 4.83. The van der Waals surface area contributed by atoms with Crippen LogP contribution in [0, 0.1) is 0 Å². The normalized spacial score (nSPS) is 11.8. The van der Waals surface area contributed by atoms with E-state index in [0.717, 1.165) is 63.0 Å². The lowest BCUT2D eigenvalue weighted by Crippen LogP contribution is -2.31. The molecule has 0 unspecified atom stereocenters. The van der Waals surface area contributed by atoms with Crippen molar-refractivity contribution in [2.24, 2.45) is 10.2 Å². The van der Waals surface area contributed by atoms with Crippen LogP contribution in [0.4, 0.5) is 17.1 Å². The first-order valence-electron chi connectivity index (χ1n) is 28.5. The second-order valence-electron chi connectivity index (χ2n) is 21.0. The molecule has 11 rings (SSSR count). The Hall–Kier alpha value is -9.18. The molecule has 3 nitrogen and oxygen atoms in total. The first-order chi connectivity index (χ1) is 39.7. The van der Waals surface area contributed by atoms with Crippen LogP contribution < -0.4 is 4.90 Å². The summed E-state index contributed by atoms with van der Waals surface area (Å²) in [6.45, 7) is 1.86. The van der Waals surface area contributed by atoms with Gasteiger partial charge in [-0.1, -0.05) is 298 Å². The minimum atomic E-state index is -0.523. The molecule has 0 aromatic heterocycles. The van der Waals surface area contributed by atoms with Gasteiger partial charge >= 0.3 is 0 Å². The number of azo groups is 1. The Labute approximate surface area is 474 Å². The first-order valence-corrected chi connectivity index (χ1v) is 28.5. The number of anilines is 1. The van der Waals surface area contributed by atoms with Gasteiger partial charge in [-0.3, -0.25) is 0 Å². The largest absolute Gasteiger partial charge is 0.372 e. The van der Waals surface area contributed by atoms with Crippen LogP contribution in [0.25, 0.3) is 0 Å². The van der Waals surface area contributed by atoms with Crippen LogP contribution in [0.1, 0.15) is 94.2 Å². The third kappa shape index (κ3) is 11.2. The van der Waals surface area contributed by atoms with Crippen molar-refractivity contribution < 1.29 is 0 Å². The van der Waals surface area contributed by atoms with Gasteiger partial charge in [0, 0.05) is 29.6 Å². The van der Waals surface area contributed by atoms with Gasteiger partial charge in [-0.2, -0.15) is 10.2 Å². The van der Waals surface area contributed by atoms with Gasteiger partial charge in [0.15, 0.2) is 0 Å². The third-order valence-electron chi connectivity index (χ3n) is 16.5. The summed E-state index contributed by atoms with van der Waals surface area (Å²) >= 11 is 0. The van der Waals surface area contributed by atoms with Crippen molar-refractivity contribution in [3.05, 3.63) is 377 Å². The number of unbranched alkanes of at least 4 members (excludes halogenated alkanes) is 2. The van der Waals surface area contributed by atoms with E-state index in [4.69, 9.17) is 10.2 Å². The van der Waals surface area contributed by atoms with E-state index in [1.54, 1.807) is 0 Å². The summed E-state index contributed by atoms with van der Waals surface area (Å²) in [7, 11) is 0. The van der Waals surface area contributed by atoms with Gasteiger partial charge in [0.05, 0.1) is 16.8 Å². The predicted molar refractivity (Wildman–Crippen MR) is 334 cm³/mol. The fourth-order valence-electron chi connectivity index (χ4n) is 12.6. The molecule has 0 aliphatic heterocycles. The van der Waals surface area contributed by atoms with Gasteiger partial charge in [-0.25, -0.2) is 0 Å². The van der Waals surface area contributed by atoms with Crippen LogP contribution >= 0.6 is 0 Å². The first kappa shape index (κ1) is 52.9. The third-order valence-corrected chi connectivity index (χ3v) is 16.5. The van der Waals surface area contributed by atoms with Gasteiger partial charge in [0.2, 0.25) is 0 Å². The summed E-state index contributed by atoms with van der Waals surface area (Å²) < 4.78 is 0. The second kappa shape index (κ2) is 25.5. The average Bonchev–Trinajstić information content (AvgIpc) is 3.55. The molecule has 0 amide bonds. The van der Waals surface area contributed by atoms with Gasteiger partial charge in [0.25, 0.3) is 0 Å². The van der Waals surface area contributed by atoms with E-state index in [0.29, 0.717) is 0 Å². The molecule has 0 spiro atoms. The van der Waals surface area contributed by atoms with Crippen molar-refractivity contribution in [3.8, 4) is 0 Å². The van der Waals surface area contributed by atoms with Crippen LogP contribution in [0.15, 0.2) is 332 Å². The quantitative estimate of drug-likeness (QED) is 0.0356. The summed E-state index contributed by atoms with van der Waals surface area (Å²) in [5.74, 6) is 0. The molecule has 0 N–H and O–H groups in total. The summed E-state index contributed by atoms with van der Waals surface area (Å²) in [6.07, 6.45) is 6.13. The second-order valence-corrected chi connectivity index (χ2v) is 21.0. The number of hydrogen-bond acceptors (Lipinski definition) is 3. The SMILES string of the molecule is c1ccc(C(CCCCN(CCCCC(c2ccccc2)(c2ccccc2)c2ccccc2)c2ccc(N=Nc3ccc(C(c4ccccc4)(c4ccccc4)c4ccccc4)cc3)cc2)(c2ccccc2)c2ccccc2)cc1. The molecule has 80 heavy (non-hydrogen) atoms. The molecule has 11 aromatic rings. The average molecular weight is 1040 g/mol. The zero-order valence-electron chi connectivity index (χ0n) is 45.6. The maximum Gasteiger partial charge on any atom is 0.0858 e. The van der Waals surface area contributed by atoms with Crippen LogP contribution in [0.5, 0.6) is 0 Å². The molecule has 0 saturated carbocycles. The molecule has 0 saturated heterocycles. The molecule has 0 bridgehead atoms. The molecule has 0 fully saturated rings. The highest BCUT2D eigenvalue weighted by Crippen LogP contribution is 2.47. The molecule has 3 heteroatoms. The van der Waals surface area contributed by atoms with Crippen LogP contribution in [-0.4, -0.2) is 13.1 Å². The van der Waals surface area contributed by atoms with Crippen LogP contribution in [-0.2, 0) is 16.2 Å². The lowest BCUT2D eigenvalue weighted by atomic mass is 9.65. The summed E-state index contributed by atoms with van der Waals surface area (Å²) in [6, 6.07) is 117. The van der Waals surface area contributed by atoms with Crippen molar-refractivity contribution in [2.45, 2.75) is 54.8 Å². The van der Waals surface area contributed by atoms with Crippen molar-refractivity contribution in [3.63, 3.8) is 0 Å².